The van der Waals surface area contributed by atoms with Gasteiger partial charge in [-0.2, -0.15) is 5.10 Å². The first-order chi connectivity index (χ1) is 11.6. The van der Waals surface area contributed by atoms with Crippen LogP contribution in [0.25, 0.3) is 0 Å². The van der Waals surface area contributed by atoms with Crippen molar-refractivity contribution < 1.29 is 9.53 Å². The number of rotatable bonds is 2. The molecule has 2 aliphatic heterocycles. The van der Waals surface area contributed by atoms with E-state index in [1.54, 1.807) is 0 Å². The quantitative estimate of drug-likeness (QED) is 0.923. The maximum absolute atomic E-state index is 13.0. The molecule has 3 heterocycles. The zero-order valence-electron chi connectivity index (χ0n) is 14.2. The van der Waals surface area contributed by atoms with Gasteiger partial charge in [-0.1, -0.05) is 25.1 Å². The summed E-state index contributed by atoms with van der Waals surface area (Å²) < 4.78 is 5.97. The van der Waals surface area contributed by atoms with Crippen LogP contribution in [0.1, 0.15) is 48.6 Å². The Morgan fingerprint density at radius 1 is 1.38 bits per heavy atom. The molecule has 1 saturated heterocycles. The van der Waals surface area contributed by atoms with E-state index in [0.717, 1.165) is 48.6 Å². The third-order valence-corrected chi connectivity index (χ3v) is 5.24. The van der Waals surface area contributed by atoms with Crippen LogP contribution in [0.4, 0.5) is 0 Å². The van der Waals surface area contributed by atoms with Crippen LogP contribution in [0.5, 0.6) is 5.75 Å². The van der Waals surface area contributed by atoms with E-state index in [-0.39, 0.29) is 11.8 Å². The number of likely N-dealkylation sites (tertiary alicyclic amines) is 1. The fourth-order valence-corrected chi connectivity index (χ4v) is 3.88. The highest BCUT2D eigenvalue weighted by Crippen LogP contribution is 2.39. The summed E-state index contributed by atoms with van der Waals surface area (Å²) in [7, 11) is 0. The number of ether oxygens (including phenoxy) is 1. The Kier molecular flexibility index (Phi) is 3.79. The van der Waals surface area contributed by atoms with Crippen molar-refractivity contribution in [3.63, 3.8) is 0 Å². The number of piperidine rings is 1. The third-order valence-electron chi connectivity index (χ3n) is 5.24. The Morgan fingerprint density at radius 3 is 2.96 bits per heavy atom. The Hall–Kier alpha value is -2.30. The predicted molar refractivity (Wildman–Crippen MR) is 91.2 cm³/mol. The number of H-pyrrole nitrogens is 1. The summed E-state index contributed by atoms with van der Waals surface area (Å²) in [6.45, 7) is 5.62. The maximum atomic E-state index is 13.0. The highest BCUT2D eigenvalue weighted by atomic mass is 16.5. The minimum atomic E-state index is -0.401. The van der Waals surface area contributed by atoms with E-state index >= 15 is 0 Å². The summed E-state index contributed by atoms with van der Waals surface area (Å²) in [5, 5.41) is 7.39. The van der Waals surface area contributed by atoms with Crippen molar-refractivity contribution >= 4 is 5.91 Å². The van der Waals surface area contributed by atoms with Gasteiger partial charge in [0.25, 0.3) is 5.91 Å². The molecule has 0 saturated carbocycles. The topological polar surface area (TPSA) is 58.2 Å². The van der Waals surface area contributed by atoms with Crippen LogP contribution < -0.4 is 4.74 Å². The summed E-state index contributed by atoms with van der Waals surface area (Å²) >= 11 is 0. The molecule has 5 nitrogen and oxygen atoms in total. The van der Waals surface area contributed by atoms with Gasteiger partial charge in [0.2, 0.25) is 0 Å². The van der Waals surface area contributed by atoms with E-state index in [4.69, 9.17) is 4.74 Å². The summed E-state index contributed by atoms with van der Waals surface area (Å²) in [6, 6.07) is 10.0. The number of hydrogen-bond donors (Lipinski definition) is 1. The van der Waals surface area contributed by atoms with Crippen molar-refractivity contribution in [3.05, 3.63) is 47.3 Å². The number of aromatic amines is 1. The molecule has 1 fully saturated rings. The number of carbonyl (C=O) groups excluding carboxylic acids is 1. The fourth-order valence-electron chi connectivity index (χ4n) is 3.88. The first kappa shape index (κ1) is 15.2. The van der Waals surface area contributed by atoms with Crippen LogP contribution in [0, 0.1) is 6.92 Å². The Bertz CT molecular complexity index is 755. The van der Waals surface area contributed by atoms with Crippen LogP contribution in [0.15, 0.2) is 30.3 Å². The molecular formula is C19H23N3O2. The molecule has 0 aliphatic carbocycles. The van der Waals surface area contributed by atoms with Gasteiger partial charge in [0.1, 0.15) is 5.75 Å². The monoisotopic (exact) mass is 325 g/mol. The van der Waals surface area contributed by atoms with Crippen molar-refractivity contribution in [3.8, 4) is 5.75 Å². The molecule has 2 aliphatic rings. The second kappa shape index (κ2) is 5.96. The fraction of sp³-hybridized carbons (Fsp3) is 0.474. The third kappa shape index (κ3) is 2.58. The molecule has 1 N–H and O–H groups in total. The molecule has 126 valence electrons. The smallest absolute Gasteiger partial charge is 0.264 e. The highest BCUT2D eigenvalue weighted by Gasteiger charge is 2.39. The van der Waals surface area contributed by atoms with Crippen LogP contribution in [0.3, 0.4) is 0 Å². The van der Waals surface area contributed by atoms with Gasteiger partial charge in [-0.15, -0.1) is 0 Å². The molecule has 2 aromatic rings. The van der Waals surface area contributed by atoms with Crippen LogP contribution >= 0.6 is 0 Å². The minimum absolute atomic E-state index is 0.0988. The number of amides is 1. The summed E-state index contributed by atoms with van der Waals surface area (Å²) in [4.78, 5) is 15.0. The lowest BCUT2D eigenvalue weighted by atomic mass is 9.92. The van der Waals surface area contributed by atoms with Gasteiger partial charge in [-0.3, -0.25) is 9.89 Å². The summed E-state index contributed by atoms with van der Waals surface area (Å²) in [5.41, 5.74) is 3.26. The highest BCUT2D eigenvalue weighted by molar-refractivity contribution is 5.83. The SMILES string of the molecule is Cc1cc(C2CCCN(C(=O)C3Oc4ccccc4C3C)C2)n[nH]1. The van der Waals surface area contributed by atoms with Crippen LogP contribution in [-0.2, 0) is 4.79 Å². The van der Waals surface area contributed by atoms with Crippen molar-refractivity contribution in [2.75, 3.05) is 13.1 Å². The van der Waals surface area contributed by atoms with Gasteiger partial charge in [-0.05, 0) is 31.9 Å². The molecule has 1 aromatic carbocycles. The summed E-state index contributed by atoms with van der Waals surface area (Å²) in [5.74, 6) is 1.36. The van der Waals surface area contributed by atoms with Gasteiger partial charge in [0.05, 0.1) is 5.69 Å². The number of aryl methyl sites for hydroxylation is 1. The Balaban J connectivity index is 1.49. The molecule has 24 heavy (non-hydrogen) atoms. The number of nitrogens with zero attached hydrogens (tertiary/aromatic N) is 2. The standard InChI is InChI=1S/C19H23N3O2/c1-12-10-16(21-20-12)14-6-5-9-22(11-14)19(23)18-13(2)15-7-3-4-8-17(15)24-18/h3-4,7-8,10,13-14,18H,5-6,9,11H2,1-2H3,(H,20,21). The van der Waals surface area contributed by atoms with Crippen molar-refractivity contribution in [1.82, 2.24) is 15.1 Å². The second-order valence-corrected chi connectivity index (χ2v) is 6.96. The lowest BCUT2D eigenvalue weighted by molar-refractivity contribution is -0.140. The maximum Gasteiger partial charge on any atom is 0.264 e. The van der Waals surface area contributed by atoms with E-state index in [1.807, 2.05) is 30.0 Å². The van der Waals surface area contributed by atoms with Gasteiger partial charge in [0, 0.05) is 36.2 Å². The zero-order valence-corrected chi connectivity index (χ0v) is 14.2. The largest absolute Gasteiger partial charge is 0.480 e. The number of benzene rings is 1. The molecule has 3 atom stereocenters. The first-order valence-electron chi connectivity index (χ1n) is 8.70. The van der Waals surface area contributed by atoms with Gasteiger partial charge >= 0.3 is 0 Å². The number of fused-ring (bicyclic) bond motifs is 1. The molecule has 5 heteroatoms. The molecule has 3 unspecified atom stereocenters. The number of aromatic nitrogens is 2. The normalized spacial score (nSPS) is 26.1. The molecule has 4 rings (SSSR count). The number of carbonyl (C=O) groups is 1. The molecule has 0 bridgehead atoms. The lowest BCUT2D eigenvalue weighted by Crippen LogP contribution is -2.46. The number of hydrogen-bond acceptors (Lipinski definition) is 3. The van der Waals surface area contributed by atoms with Gasteiger partial charge in [-0.25, -0.2) is 0 Å². The molecule has 0 spiro atoms. The van der Waals surface area contributed by atoms with E-state index in [1.165, 1.54) is 0 Å². The average molecular weight is 325 g/mol. The van der Waals surface area contributed by atoms with Crippen molar-refractivity contribution in [2.24, 2.45) is 0 Å². The zero-order chi connectivity index (χ0) is 16.7. The number of nitrogens with one attached hydrogen (secondary N) is 1. The van der Waals surface area contributed by atoms with Crippen molar-refractivity contribution in [2.45, 2.75) is 44.6 Å². The van der Waals surface area contributed by atoms with E-state index in [2.05, 4.69) is 29.3 Å². The van der Waals surface area contributed by atoms with E-state index in [0.29, 0.717) is 5.92 Å². The second-order valence-electron chi connectivity index (χ2n) is 6.96. The predicted octanol–water partition coefficient (Wildman–Crippen LogP) is 2.99. The Morgan fingerprint density at radius 2 is 2.21 bits per heavy atom. The van der Waals surface area contributed by atoms with Gasteiger partial charge in [0.15, 0.2) is 6.10 Å². The summed E-state index contributed by atoms with van der Waals surface area (Å²) in [6.07, 6.45) is 1.69. The average Bonchev–Trinajstić information content (AvgIpc) is 3.19. The minimum Gasteiger partial charge on any atom is -0.480 e. The molecule has 1 aromatic heterocycles. The van der Waals surface area contributed by atoms with E-state index in [9.17, 15) is 4.79 Å². The number of para-hydroxylation sites is 1. The molecular weight excluding hydrogens is 302 g/mol. The lowest BCUT2D eigenvalue weighted by Gasteiger charge is -2.34. The molecule has 1 amide bonds. The van der Waals surface area contributed by atoms with Gasteiger partial charge < -0.3 is 9.64 Å². The van der Waals surface area contributed by atoms with Crippen molar-refractivity contribution in [1.29, 1.82) is 0 Å². The van der Waals surface area contributed by atoms with Crippen LogP contribution in [-0.4, -0.2) is 40.2 Å². The van der Waals surface area contributed by atoms with Crippen LogP contribution in [0.2, 0.25) is 0 Å². The first-order valence-corrected chi connectivity index (χ1v) is 8.70. The molecule has 0 radical (unpaired) electrons. The van der Waals surface area contributed by atoms with E-state index < -0.39 is 6.10 Å². The Labute approximate surface area is 142 Å².